The zero-order chi connectivity index (χ0) is 16.2. The summed E-state index contributed by atoms with van der Waals surface area (Å²) in [5.74, 6) is -0.193. The number of aromatic nitrogens is 3. The molecule has 0 aliphatic carbocycles. The van der Waals surface area contributed by atoms with Crippen LogP contribution in [0.4, 0.5) is 11.5 Å². The average molecular weight is 346 g/mol. The molecule has 0 spiro atoms. The molecule has 118 valence electrons. The number of benzene rings is 1. The Balaban J connectivity index is 2.03. The Labute approximate surface area is 141 Å². The number of ether oxygens (including phenoxy) is 1. The first kappa shape index (κ1) is 15.7. The Morgan fingerprint density at radius 2 is 2.22 bits per heavy atom. The number of carbonyl (C=O) groups excluding carboxylic acids is 1. The number of thiophene rings is 1. The van der Waals surface area contributed by atoms with Crippen LogP contribution in [0.1, 0.15) is 17.4 Å². The maximum Gasteiger partial charge on any atom is 0.362 e. The fourth-order valence-corrected chi connectivity index (χ4v) is 3.17. The summed E-state index contributed by atoms with van der Waals surface area (Å²) >= 11 is 3.01. The Bertz CT molecular complexity index is 850. The number of nitrogens with zero attached hydrogens (tertiary/aromatic N) is 3. The number of esters is 1. The molecule has 1 N–H and O–H groups in total. The first-order valence-electron chi connectivity index (χ1n) is 6.92. The summed E-state index contributed by atoms with van der Waals surface area (Å²) in [4.78, 5) is 16.4. The minimum atomic E-state index is -0.542. The van der Waals surface area contributed by atoms with Gasteiger partial charge in [-0.1, -0.05) is 17.8 Å². The van der Waals surface area contributed by atoms with E-state index in [1.54, 1.807) is 18.3 Å². The second-order valence-electron chi connectivity index (χ2n) is 4.48. The van der Waals surface area contributed by atoms with Crippen LogP contribution in [0.15, 0.2) is 34.8 Å². The lowest BCUT2D eigenvalue weighted by Crippen LogP contribution is -2.13. The minimum Gasteiger partial charge on any atom is -0.461 e. The van der Waals surface area contributed by atoms with Crippen molar-refractivity contribution in [3.63, 3.8) is 0 Å². The van der Waals surface area contributed by atoms with E-state index < -0.39 is 5.97 Å². The highest BCUT2D eigenvalue weighted by atomic mass is 32.2. The third-order valence-electron chi connectivity index (χ3n) is 3.07. The minimum absolute atomic E-state index is 0.0804. The molecule has 0 atom stereocenters. The van der Waals surface area contributed by atoms with Gasteiger partial charge in [-0.3, -0.25) is 0 Å². The highest BCUT2D eigenvalue weighted by Gasteiger charge is 2.19. The summed E-state index contributed by atoms with van der Waals surface area (Å²) in [7, 11) is 0. The summed E-state index contributed by atoms with van der Waals surface area (Å²) in [5.41, 5.74) is 0.943. The van der Waals surface area contributed by atoms with Gasteiger partial charge in [-0.15, -0.1) is 21.5 Å². The number of nitrogens with one attached hydrogen (secondary N) is 1. The van der Waals surface area contributed by atoms with Crippen molar-refractivity contribution in [2.45, 2.75) is 12.1 Å². The van der Waals surface area contributed by atoms with E-state index in [0.29, 0.717) is 11.0 Å². The van der Waals surface area contributed by atoms with Gasteiger partial charge in [0.05, 0.1) is 6.61 Å². The van der Waals surface area contributed by atoms with Crippen LogP contribution in [0.3, 0.4) is 0 Å². The van der Waals surface area contributed by atoms with Crippen molar-refractivity contribution in [3.05, 3.63) is 35.3 Å². The van der Waals surface area contributed by atoms with Crippen molar-refractivity contribution in [2.75, 3.05) is 18.2 Å². The number of rotatable bonds is 5. The molecule has 23 heavy (non-hydrogen) atoms. The predicted molar refractivity (Wildman–Crippen MR) is 92.7 cm³/mol. The molecule has 0 saturated carbocycles. The number of carbonyl (C=O) groups is 1. The van der Waals surface area contributed by atoms with E-state index in [2.05, 4.69) is 20.5 Å². The molecule has 0 bridgehead atoms. The summed E-state index contributed by atoms with van der Waals surface area (Å²) in [6.07, 6.45) is 1.85. The van der Waals surface area contributed by atoms with Crippen molar-refractivity contribution in [3.8, 4) is 0 Å². The van der Waals surface area contributed by atoms with Crippen LogP contribution in [-0.4, -0.2) is 34.0 Å². The van der Waals surface area contributed by atoms with Gasteiger partial charge in [0, 0.05) is 15.8 Å². The van der Waals surface area contributed by atoms with Crippen LogP contribution >= 0.6 is 23.1 Å². The van der Waals surface area contributed by atoms with Gasteiger partial charge in [0.25, 0.3) is 0 Å². The van der Waals surface area contributed by atoms with Crippen molar-refractivity contribution in [1.82, 2.24) is 15.2 Å². The molecule has 0 amide bonds. The molecule has 0 radical (unpaired) electrons. The zero-order valence-electron chi connectivity index (χ0n) is 12.6. The standard InChI is InChI=1S/C15H14N4O2S2/c1-3-21-14(20)12-13(17-15(22-2)19-18-12)16-10-5-4-6-11-9(10)7-8-23-11/h4-8H,3H2,1-2H3,(H,16,17,19). The predicted octanol–water partition coefficient (Wildman–Crippen LogP) is 3.73. The number of hydrogen-bond donors (Lipinski definition) is 1. The topological polar surface area (TPSA) is 77.0 Å². The van der Waals surface area contributed by atoms with Gasteiger partial charge in [-0.2, -0.15) is 0 Å². The lowest BCUT2D eigenvalue weighted by Gasteiger charge is -2.10. The number of fused-ring (bicyclic) bond motifs is 1. The van der Waals surface area contributed by atoms with Crippen LogP contribution in [0.25, 0.3) is 10.1 Å². The van der Waals surface area contributed by atoms with E-state index in [9.17, 15) is 4.79 Å². The molecule has 2 aromatic heterocycles. The first-order chi connectivity index (χ1) is 11.2. The van der Waals surface area contributed by atoms with Gasteiger partial charge in [-0.25, -0.2) is 9.78 Å². The fourth-order valence-electron chi connectivity index (χ4n) is 2.05. The Hall–Kier alpha value is -2.19. The molecule has 8 heteroatoms. The van der Waals surface area contributed by atoms with Crippen molar-refractivity contribution in [2.24, 2.45) is 0 Å². The van der Waals surface area contributed by atoms with E-state index in [4.69, 9.17) is 4.74 Å². The van der Waals surface area contributed by atoms with Gasteiger partial charge < -0.3 is 10.1 Å². The van der Waals surface area contributed by atoms with E-state index in [0.717, 1.165) is 15.8 Å². The van der Waals surface area contributed by atoms with Gasteiger partial charge in [-0.05, 0) is 36.8 Å². The SMILES string of the molecule is CCOC(=O)c1nnc(SC)nc1Nc1cccc2sccc12. The molecule has 3 aromatic rings. The summed E-state index contributed by atoms with van der Waals surface area (Å²) < 4.78 is 6.18. The third-order valence-corrected chi connectivity index (χ3v) is 4.49. The van der Waals surface area contributed by atoms with Gasteiger partial charge in [0.1, 0.15) is 0 Å². The van der Waals surface area contributed by atoms with Crippen LogP contribution in [-0.2, 0) is 4.74 Å². The molecule has 2 heterocycles. The van der Waals surface area contributed by atoms with Crippen LogP contribution in [0, 0.1) is 0 Å². The molecule has 0 unspecified atom stereocenters. The van der Waals surface area contributed by atoms with Crippen LogP contribution in [0.2, 0.25) is 0 Å². The molecule has 3 rings (SSSR count). The number of hydrogen-bond acceptors (Lipinski definition) is 8. The summed E-state index contributed by atoms with van der Waals surface area (Å²) in [6, 6.07) is 7.96. The smallest absolute Gasteiger partial charge is 0.362 e. The van der Waals surface area contributed by atoms with E-state index in [-0.39, 0.29) is 12.3 Å². The molecule has 0 saturated heterocycles. The molecule has 1 aromatic carbocycles. The average Bonchev–Trinajstić information content (AvgIpc) is 3.04. The molecular formula is C15H14N4O2S2. The van der Waals surface area contributed by atoms with Gasteiger partial charge in [0.2, 0.25) is 10.9 Å². The van der Waals surface area contributed by atoms with Gasteiger partial charge >= 0.3 is 5.97 Å². The third kappa shape index (κ3) is 3.27. The van der Waals surface area contributed by atoms with Crippen LogP contribution < -0.4 is 5.32 Å². The van der Waals surface area contributed by atoms with Crippen molar-refractivity contribution >= 4 is 50.7 Å². The molecule has 0 aliphatic rings. The highest BCUT2D eigenvalue weighted by Crippen LogP contribution is 2.30. The highest BCUT2D eigenvalue weighted by molar-refractivity contribution is 7.98. The number of thioether (sulfide) groups is 1. The van der Waals surface area contributed by atoms with E-state index in [1.807, 2.05) is 35.9 Å². The first-order valence-corrected chi connectivity index (χ1v) is 9.02. The number of anilines is 2. The summed E-state index contributed by atoms with van der Waals surface area (Å²) in [6.45, 7) is 2.01. The maximum absolute atomic E-state index is 12.1. The summed E-state index contributed by atoms with van der Waals surface area (Å²) in [5, 5.41) is 14.6. The largest absolute Gasteiger partial charge is 0.461 e. The van der Waals surface area contributed by atoms with Crippen LogP contribution in [0.5, 0.6) is 0 Å². The Kier molecular flexibility index (Phi) is 4.73. The molecule has 0 fully saturated rings. The maximum atomic E-state index is 12.1. The van der Waals surface area contributed by atoms with E-state index >= 15 is 0 Å². The normalized spacial score (nSPS) is 10.7. The van der Waals surface area contributed by atoms with Crippen molar-refractivity contribution < 1.29 is 9.53 Å². The fraction of sp³-hybridized carbons (Fsp3) is 0.200. The quantitative estimate of drug-likeness (QED) is 0.557. The Morgan fingerprint density at radius 1 is 1.35 bits per heavy atom. The second kappa shape index (κ2) is 6.93. The lowest BCUT2D eigenvalue weighted by molar-refractivity contribution is 0.0518. The lowest BCUT2D eigenvalue weighted by atomic mass is 10.2. The van der Waals surface area contributed by atoms with E-state index in [1.165, 1.54) is 11.8 Å². The monoisotopic (exact) mass is 346 g/mol. The second-order valence-corrected chi connectivity index (χ2v) is 6.20. The zero-order valence-corrected chi connectivity index (χ0v) is 14.2. The van der Waals surface area contributed by atoms with Gasteiger partial charge in [0.15, 0.2) is 5.82 Å². The molecule has 0 aliphatic heterocycles. The van der Waals surface area contributed by atoms with Crippen molar-refractivity contribution in [1.29, 1.82) is 0 Å². The Morgan fingerprint density at radius 3 is 3.00 bits per heavy atom. The molecular weight excluding hydrogens is 332 g/mol. The molecule has 6 nitrogen and oxygen atoms in total.